The number of nitrogens with zero attached hydrogens (tertiary/aromatic N) is 1. The van der Waals surface area contributed by atoms with Crippen LogP contribution in [0.15, 0.2) is 41.8 Å². The van der Waals surface area contributed by atoms with Gasteiger partial charge in [-0.2, -0.15) is 0 Å². The van der Waals surface area contributed by atoms with Gasteiger partial charge in [0.2, 0.25) is 5.91 Å². The van der Waals surface area contributed by atoms with Crippen LogP contribution in [0.25, 0.3) is 0 Å². The second-order valence-corrected chi connectivity index (χ2v) is 6.59. The summed E-state index contributed by atoms with van der Waals surface area (Å²) in [5.41, 5.74) is 1.12. The molecule has 1 aromatic heterocycles. The van der Waals surface area contributed by atoms with E-state index < -0.39 is 0 Å². The molecular weight excluding hydrogens is 338 g/mol. The van der Waals surface area contributed by atoms with E-state index in [9.17, 15) is 9.59 Å². The molecule has 6 heteroatoms. The quantitative estimate of drug-likeness (QED) is 0.645. The molecule has 0 aliphatic carbocycles. The van der Waals surface area contributed by atoms with E-state index in [-0.39, 0.29) is 18.3 Å². The molecule has 25 heavy (non-hydrogen) atoms. The van der Waals surface area contributed by atoms with E-state index in [1.165, 1.54) is 7.11 Å². The molecule has 0 saturated heterocycles. The van der Waals surface area contributed by atoms with Gasteiger partial charge in [-0.05, 0) is 35.6 Å². The molecule has 0 saturated carbocycles. The maximum Gasteiger partial charge on any atom is 0.307 e. The second kappa shape index (κ2) is 9.84. The van der Waals surface area contributed by atoms with Crippen LogP contribution in [0.2, 0.25) is 0 Å². The Morgan fingerprint density at radius 1 is 1.08 bits per heavy atom. The molecule has 0 radical (unpaired) electrons. The lowest BCUT2D eigenvalue weighted by molar-refractivity contribution is -0.141. The molecule has 1 amide bonds. The smallest absolute Gasteiger partial charge is 0.307 e. The number of carbonyl (C=O) groups is 2. The van der Waals surface area contributed by atoms with E-state index in [1.807, 2.05) is 41.8 Å². The summed E-state index contributed by atoms with van der Waals surface area (Å²) in [4.78, 5) is 26.8. The Bertz CT molecular complexity index is 667. The van der Waals surface area contributed by atoms with Gasteiger partial charge in [0.15, 0.2) is 0 Å². The summed E-state index contributed by atoms with van der Waals surface area (Å²) in [5.74, 6) is 0.526. The van der Waals surface area contributed by atoms with Crippen molar-refractivity contribution in [2.45, 2.75) is 19.3 Å². The van der Waals surface area contributed by atoms with E-state index in [1.54, 1.807) is 23.3 Å². The van der Waals surface area contributed by atoms with Gasteiger partial charge in [0.25, 0.3) is 0 Å². The first-order valence-electron chi connectivity index (χ1n) is 8.12. The lowest BCUT2D eigenvalue weighted by Gasteiger charge is -2.22. The minimum Gasteiger partial charge on any atom is -0.497 e. The second-order valence-electron chi connectivity index (χ2n) is 5.56. The first-order chi connectivity index (χ1) is 12.1. The molecule has 1 aromatic carbocycles. The minimum atomic E-state index is -0.307. The van der Waals surface area contributed by atoms with Crippen molar-refractivity contribution in [2.24, 2.45) is 0 Å². The average Bonchev–Trinajstić information content (AvgIpc) is 3.14. The van der Waals surface area contributed by atoms with Gasteiger partial charge < -0.3 is 14.4 Å². The summed E-state index contributed by atoms with van der Waals surface area (Å²) in [6, 6.07) is 11.7. The highest BCUT2D eigenvalue weighted by molar-refractivity contribution is 7.10. The molecule has 0 bridgehead atoms. The first-order valence-corrected chi connectivity index (χ1v) is 9.00. The summed E-state index contributed by atoms with van der Waals surface area (Å²) < 4.78 is 9.84. The Kier molecular flexibility index (Phi) is 7.47. The normalized spacial score (nSPS) is 10.3. The van der Waals surface area contributed by atoms with E-state index in [4.69, 9.17) is 4.74 Å². The van der Waals surface area contributed by atoms with Crippen LogP contribution in [0.3, 0.4) is 0 Å². The van der Waals surface area contributed by atoms with Crippen molar-refractivity contribution in [3.63, 3.8) is 0 Å². The number of benzene rings is 1. The van der Waals surface area contributed by atoms with Crippen molar-refractivity contribution in [2.75, 3.05) is 27.3 Å². The van der Waals surface area contributed by atoms with Crippen molar-refractivity contribution in [3.05, 3.63) is 52.2 Å². The fourth-order valence-corrected chi connectivity index (χ4v) is 3.12. The molecule has 0 aliphatic rings. The largest absolute Gasteiger partial charge is 0.497 e. The molecule has 134 valence electrons. The molecule has 2 aromatic rings. The van der Waals surface area contributed by atoms with Crippen molar-refractivity contribution in [1.29, 1.82) is 0 Å². The summed E-state index contributed by atoms with van der Waals surface area (Å²) in [7, 11) is 2.99. The zero-order valence-electron chi connectivity index (χ0n) is 14.6. The first kappa shape index (κ1) is 19.0. The Morgan fingerprint density at radius 2 is 1.84 bits per heavy atom. The third kappa shape index (κ3) is 6.23. The van der Waals surface area contributed by atoms with Crippen molar-refractivity contribution in [3.8, 4) is 5.75 Å². The number of esters is 1. The van der Waals surface area contributed by atoms with Crippen LogP contribution in [0.4, 0.5) is 0 Å². The molecule has 0 aliphatic heterocycles. The Morgan fingerprint density at radius 3 is 2.44 bits per heavy atom. The van der Waals surface area contributed by atoms with Gasteiger partial charge in [-0.25, -0.2) is 0 Å². The Hall–Kier alpha value is -2.34. The number of rotatable bonds is 9. The van der Waals surface area contributed by atoms with Gasteiger partial charge in [0, 0.05) is 18.0 Å². The van der Waals surface area contributed by atoms with Gasteiger partial charge in [0.1, 0.15) is 5.75 Å². The molecule has 0 unspecified atom stereocenters. The zero-order valence-corrected chi connectivity index (χ0v) is 15.4. The number of thiophene rings is 1. The van der Waals surface area contributed by atoms with Gasteiger partial charge in [0.05, 0.1) is 27.1 Å². The monoisotopic (exact) mass is 361 g/mol. The van der Waals surface area contributed by atoms with Gasteiger partial charge in [-0.15, -0.1) is 11.3 Å². The fourth-order valence-electron chi connectivity index (χ4n) is 2.42. The maximum atomic E-state index is 12.6. The topological polar surface area (TPSA) is 55.8 Å². The highest BCUT2D eigenvalue weighted by Crippen LogP contribution is 2.14. The summed E-state index contributed by atoms with van der Waals surface area (Å²) in [5, 5.41) is 1.96. The van der Waals surface area contributed by atoms with Crippen LogP contribution >= 0.6 is 11.3 Å². The molecular formula is C19H23NO4S. The van der Waals surface area contributed by atoms with Crippen molar-refractivity contribution in [1.82, 2.24) is 4.90 Å². The lowest BCUT2D eigenvalue weighted by atomic mass is 10.1. The maximum absolute atomic E-state index is 12.6. The van der Waals surface area contributed by atoms with Gasteiger partial charge in [-0.1, -0.05) is 18.2 Å². The molecule has 1 heterocycles. The van der Waals surface area contributed by atoms with Crippen molar-refractivity contribution >= 4 is 23.2 Å². The number of amides is 1. The zero-order chi connectivity index (χ0) is 18.1. The molecule has 2 rings (SSSR count). The summed E-state index contributed by atoms with van der Waals surface area (Å²) in [6.45, 7) is 0.931. The van der Waals surface area contributed by atoms with E-state index in [2.05, 4.69) is 4.74 Å². The third-order valence-corrected chi connectivity index (χ3v) is 4.78. The van der Waals surface area contributed by atoms with E-state index in [0.717, 1.165) is 22.6 Å². The Balaban J connectivity index is 1.96. The van der Waals surface area contributed by atoms with Gasteiger partial charge in [-0.3, -0.25) is 9.59 Å². The van der Waals surface area contributed by atoms with Crippen LogP contribution in [-0.4, -0.2) is 44.1 Å². The number of ether oxygens (including phenoxy) is 2. The predicted molar refractivity (Wildman–Crippen MR) is 97.9 cm³/mol. The van der Waals surface area contributed by atoms with Crippen LogP contribution in [0.5, 0.6) is 5.75 Å². The van der Waals surface area contributed by atoms with Crippen LogP contribution < -0.4 is 4.74 Å². The van der Waals surface area contributed by atoms with Crippen molar-refractivity contribution < 1.29 is 19.1 Å². The lowest BCUT2D eigenvalue weighted by Crippen LogP contribution is -2.35. The summed E-state index contributed by atoms with van der Waals surface area (Å²) in [6.07, 6.45) is 1.29. The van der Waals surface area contributed by atoms with Crippen LogP contribution in [0, 0.1) is 0 Å². The van der Waals surface area contributed by atoms with Crippen LogP contribution in [0.1, 0.15) is 16.9 Å². The predicted octanol–water partition coefficient (Wildman–Crippen LogP) is 2.93. The standard InChI is InChI=1S/C19H23NO4S/c1-23-16-7-5-15(6-8-16)9-11-20(12-10-19(22)24-2)18(21)14-17-4-3-13-25-17/h3-8,13H,9-12,14H2,1-2H3. The third-order valence-electron chi connectivity index (χ3n) is 3.90. The van der Waals surface area contributed by atoms with Gasteiger partial charge >= 0.3 is 5.97 Å². The van der Waals surface area contributed by atoms with E-state index >= 15 is 0 Å². The van der Waals surface area contributed by atoms with E-state index in [0.29, 0.717) is 19.5 Å². The number of methoxy groups -OCH3 is 2. The molecule has 0 atom stereocenters. The van der Waals surface area contributed by atoms with Crippen LogP contribution in [-0.2, 0) is 27.2 Å². The highest BCUT2D eigenvalue weighted by atomic mass is 32.1. The molecule has 0 fully saturated rings. The number of hydrogen-bond donors (Lipinski definition) is 0. The SMILES string of the molecule is COC(=O)CCN(CCc1ccc(OC)cc1)C(=O)Cc1cccs1. The summed E-state index contributed by atoms with van der Waals surface area (Å²) >= 11 is 1.56. The molecule has 5 nitrogen and oxygen atoms in total. The fraction of sp³-hybridized carbons (Fsp3) is 0.368. The highest BCUT2D eigenvalue weighted by Gasteiger charge is 2.16. The minimum absolute atomic E-state index is 0.0277. The molecule has 0 N–H and O–H groups in total. The Labute approximate surface area is 152 Å². The number of carbonyl (C=O) groups excluding carboxylic acids is 2. The average molecular weight is 361 g/mol. The molecule has 0 spiro atoms. The number of hydrogen-bond acceptors (Lipinski definition) is 5.